The Morgan fingerprint density at radius 1 is 1.09 bits per heavy atom. The third kappa shape index (κ3) is 0.923. The molecule has 0 radical (unpaired) electrons. The van der Waals surface area contributed by atoms with Crippen molar-refractivity contribution in [1.29, 1.82) is 0 Å². The predicted molar refractivity (Wildman–Crippen MR) is 43.7 cm³/mol. The summed E-state index contributed by atoms with van der Waals surface area (Å²) in [6.45, 7) is 0. The molecule has 0 unspecified atom stereocenters. The van der Waals surface area contributed by atoms with E-state index in [0.29, 0.717) is 5.71 Å². The van der Waals surface area contributed by atoms with Gasteiger partial charge in [0.05, 0.1) is 6.20 Å². The van der Waals surface area contributed by atoms with Crippen molar-refractivity contribution in [2.24, 2.45) is 4.99 Å². The van der Waals surface area contributed by atoms with Crippen molar-refractivity contribution in [3.8, 4) is 0 Å². The highest BCUT2D eigenvalue weighted by molar-refractivity contribution is 6.14. The fourth-order valence-electron chi connectivity index (χ4n) is 1.01. The van der Waals surface area contributed by atoms with Gasteiger partial charge in [0.2, 0.25) is 0 Å². The van der Waals surface area contributed by atoms with Gasteiger partial charge in [-0.25, -0.2) is 4.99 Å². The molecule has 0 saturated carbocycles. The minimum absolute atomic E-state index is 0.274. The van der Waals surface area contributed by atoms with Crippen molar-refractivity contribution < 1.29 is 5.11 Å². The Labute approximate surface area is 64.5 Å². The Morgan fingerprint density at radius 3 is 2.27 bits per heavy atom. The topological polar surface area (TPSA) is 32.6 Å². The van der Waals surface area contributed by atoms with Crippen LogP contribution in [0.4, 0.5) is 0 Å². The number of aliphatic hydroxyl groups is 1. The lowest BCUT2D eigenvalue weighted by Gasteiger charge is -2.09. The van der Waals surface area contributed by atoms with Crippen molar-refractivity contribution in [3.63, 3.8) is 0 Å². The zero-order valence-electron chi connectivity index (χ0n) is 5.86. The zero-order valence-corrected chi connectivity index (χ0v) is 5.86. The highest BCUT2D eigenvalue weighted by Gasteiger charge is 2.13. The predicted octanol–water partition coefficient (Wildman–Crippen LogP) is 1.89. The summed E-state index contributed by atoms with van der Waals surface area (Å²) in [7, 11) is 0. The number of aliphatic hydroxyl groups excluding tert-OH is 1. The second kappa shape index (κ2) is 2.23. The summed E-state index contributed by atoms with van der Waals surface area (Å²) < 4.78 is 0. The summed E-state index contributed by atoms with van der Waals surface area (Å²) in [6.07, 6.45) is 1.45. The van der Waals surface area contributed by atoms with Gasteiger partial charge in [0.15, 0.2) is 5.76 Å². The quantitative estimate of drug-likeness (QED) is 0.643. The van der Waals surface area contributed by atoms with Gasteiger partial charge in [0.1, 0.15) is 5.71 Å². The third-order valence-corrected chi connectivity index (χ3v) is 1.61. The maximum Gasteiger partial charge on any atom is 0.160 e. The highest BCUT2D eigenvalue weighted by atomic mass is 16.3. The highest BCUT2D eigenvalue weighted by Crippen LogP contribution is 2.14. The van der Waals surface area contributed by atoms with Gasteiger partial charge in [-0.05, 0) is 0 Å². The fraction of sp³-hybridized carbons (Fsp3) is 0. The minimum Gasteiger partial charge on any atom is -0.504 e. The molecule has 2 rings (SSSR count). The molecule has 1 N–H and O–H groups in total. The van der Waals surface area contributed by atoms with Gasteiger partial charge in [0, 0.05) is 5.56 Å². The molecule has 0 aliphatic carbocycles. The maximum atomic E-state index is 9.09. The SMILES string of the molecule is OC1=CN=C1c1ccccc1. The van der Waals surface area contributed by atoms with Crippen LogP contribution < -0.4 is 0 Å². The molecule has 11 heavy (non-hydrogen) atoms. The van der Waals surface area contributed by atoms with Gasteiger partial charge in [-0.3, -0.25) is 0 Å². The first-order valence-corrected chi connectivity index (χ1v) is 3.40. The van der Waals surface area contributed by atoms with Crippen molar-refractivity contribution in [2.45, 2.75) is 0 Å². The summed E-state index contributed by atoms with van der Waals surface area (Å²) >= 11 is 0. The molecule has 1 heterocycles. The number of hydrogen-bond donors (Lipinski definition) is 1. The molecule has 1 aromatic carbocycles. The normalized spacial score (nSPS) is 14.9. The van der Waals surface area contributed by atoms with Crippen molar-refractivity contribution in [1.82, 2.24) is 0 Å². The monoisotopic (exact) mass is 145 g/mol. The first kappa shape index (κ1) is 6.16. The largest absolute Gasteiger partial charge is 0.504 e. The summed E-state index contributed by atoms with van der Waals surface area (Å²) in [5, 5.41) is 9.09. The third-order valence-electron chi connectivity index (χ3n) is 1.61. The molecule has 1 aliphatic heterocycles. The van der Waals surface area contributed by atoms with E-state index in [1.54, 1.807) is 0 Å². The molecule has 0 saturated heterocycles. The minimum atomic E-state index is 0.274. The van der Waals surface area contributed by atoms with Gasteiger partial charge in [-0.15, -0.1) is 0 Å². The van der Waals surface area contributed by atoms with Crippen LogP contribution in [0.25, 0.3) is 0 Å². The molecule has 1 aromatic rings. The standard InChI is InChI=1S/C9H7NO/c11-8-6-10-9(8)7-4-2-1-3-5-7/h1-6,11H. The zero-order chi connectivity index (χ0) is 7.68. The number of hydrogen-bond acceptors (Lipinski definition) is 2. The Kier molecular flexibility index (Phi) is 1.25. The van der Waals surface area contributed by atoms with Crippen LogP contribution in [0, 0.1) is 0 Å². The molecular formula is C9H7NO. The molecule has 0 spiro atoms. The van der Waals surface area contributed by atoms with E-state index in [4.69, 9.17) is 5.11 Å². The fourth-order valence-corrected chi connectivity index (χ4v) is 1.01. The van der Waals surface area contributed by atoms with Gasteiger partial charge in [0.25, 0.3) is 0 Å². The molecule has 0 bridgehead atoms. The first-order valence-electron chi connectivity index (χ1n) is 3.40. The van der Waals surface area contributed by atoms with E-state index < -0.39 is 0 Å². The average molecular weight is 145 g/mol. The summed E-state index contributed by atoms with van der Waals surface area (Å²) in [6, 6.07) is 9.61. The lowest BCUT2D eigenvalue weighted by atomic mass is 10.1. The van der Waals surface area contributed by atoms with Crippen LogP contribution in [0.5, 0.6) is 0 Å². The lowest BCUT2D eigenvalue weighted by molar-refractivity contribution is 0.436. The smallest absolute Gasteiger partial charge is 0.160 e. The maximum absolute atomic E-state index is 9.09. The Balaban J connectivity index is 2.33. The molecule has 1 aliphatic rings. The molecule has 0 aromatic heterocycles. The van der Waals surface area contributed by atoms with E-state index >= 15 is 0 Å². The molecule has 0 fully saturated rings. The van der Waals surface area contributed by atoms with E-state index in [2.05, 4.69) is 4.99 Å². The number of allylic oxidation sites excluding steroid dienone is 1. The molecule has 0 amide bonds. The average Bonchev–Trinajstić information content (AvgIpc) is 2.04. The van der Waals surface area contributed by atoms with Gasteiger partial charge >= 0.3 is 0 Å². The Morgan fingerprint density at radius 2 is 1.82 bits per heavy atom. The van der Waals surface area contributed by atoms with Crippen LogP contribution >= 0.6 is 0 Å². The number of benzene rings is 1. The van der Waals surface area contributed by atoms with Crippen LogP contribution in [-0.4, -0.2) is 10.8 Å². The van der Waals surface area contributed by atoms with E-state index in [1.165, 1.54) is 6.20 Å². The summed E-state index contributed by atoms with van der Waals surface area (Å²) in [4.78, 5) is 3.92. The van der Waals surface area contributed by atoms with E-state index in [0.717, 1.165) is 5.56 Å². The molecular weight excluding hydrogens is 138 g/mol. The van der Waals surface area contributed by atoms with Crippen molar-refractivity contribution in [2.75, 3.05) is 0 Å². The summed E-state index contributed by atoms with van der Waals surface area (Å²) in [5.74, 6) is 0.274. The Bertz CT molecular complexity index is 325. The second-order valence-corrected chi connectivity index (χ2v) is 2.36. The van der Waals surface area contributed by atoms with Crippen LogP contribution in [0.2, 0.25) is 0 Å². The van der Waals surface area contributed by atoms with Crippen LogP contribution in [0.1, 0.15) is 5.56 Å². The van der Waals surface area contributed by atoms with E-state index in [9.17, 15) is 0 Å². The van der Waals surface area contributed by atoms with E-state index in [1.807, 2.05) is 30.3 Å². The number of aliphatic imine (C=N–C) groups is 1. The van der Waals surface area contributed by atoms with Crippen molar-refractivity contribution in [3.05, 3.63) is 47.9 Å². The number of nitrogens with zero attached hydrogens (tertiary/aromatic N) is 1. The molecule has 2 nitrogen and oxygen atoms in total. The van der Waals surface area contributed by atoms with Crippen LogP contribution in [-0.2, 0) is 0 Å². The van der Waals surface area contributed by atoms with Crippen LogP contribution in [0.3, 0.4) is 0 Å². The first-order chi connectivity index (χ1) is 5.38. The molecule has 54 valence electrons. The lowest BCUT2D eigenvalue weighted by Crippen LogP contribution is -2.09. The summed E-state index contributed by atoms with van der Waals surface area (Å²) in [5.41, 5.74) is 1.65. The van der Waals surface area contributed by atoms with Gasteiger partial charge < -0.3 is 5.11 Å². The van der Waals surface area contributed by atoms with Gasteiger partial charge in [-0.1, -0.05) is 30.3 Å². The van der Waals surface area contributed by atoms with Crippen molar-refractivity contribution >= 4 is 5.71 Å². The molecule has 2 heteroatoms. The van der Waals surface area contributed by atoms with Gasteiger partial charge in [-0.2, -0.15) is 0 Å². The van der Waals surface area contributed by atoms with E-state index in [-0.39, 0.29) is 5.76 Å². The Hall–Kier alpha value is -1.57. The number of rotatable bonds is 1. The second-order valence-electron chi connectivity index (χ2n) is 2.36. The molecule has 0 atom stereocenters. The van der Waals surface area contributed by atoms with Crippen LogP contribution in [0.15, 0.2) is 47.3 Å².